The lowest BCUT2D eigenvalue weighted by Crippen LogP contribution is -2.55. The third-order valence-electron chi connectivity index (χ3n) is 5.52. The third-order valence-corrected chi connectivity index (χ3v) is 5.52. The van der Waals surface area contributed by atoms with Crippen LogP contribution < -0.4 is 5.32 Å². The minimum absolute atomic E-state index is 0.0131. The first-order chi connectivity index (χ1) is 11.1. The van der Waals surface area contributed by atoms with Crippen LogP contribution in [0.4, 0.5) is 0 Å². The molecule has 0 aliphatic carbocycles. The van der Waals surface area contributed by atoms with Crippen LogP contribution in [0.1, 0.15) is 46.5 Å². The molecule has 1 atom stereocenters. The van der Waals surface area contributed by atoms with Crippen molar-refractivity contribution < 1.29 is 9.53 Å². The van der Waals surface area contributed by atoms with Crippen LogP contribution in [0.3, 0.4) is 0 Å². The zero-order valence-corrected chi connectivity index (χ0v) is 15.2. The Bertz CT molecular complexity index is 346. The van der Waals surface area contributed by atoms with Crippen molar-refractivity contribution in [3.63, 3.8) is 0 Å². The largest absolute Gasteiger partial charge is 0.381 e. The first-order valence-electron chi connectivity index (χ1n) is 9.48. The van der Waals surface area contributed by atoms with Gasteiger partial charge in [0, 0.05) is 52.0 Å². The van der Waals surface area contributed by atoms with Gasteiger partial charge in [-0.05, 0) is 38.5 Å². The van der Waals surface area contributed by atoms with E-state index in [-0.39, 0.29) is 11.9 Å². The van der Waals surface area contributed by atoms with E-state index in [1.165, 1.54) is 19.4 Å². The summed E-state index contributed by atoms with van der Waals surface area (Å²) in [4.78, 5) is 17.3. The maximum absolute atomic E-state index is 12.4. The number of hydrogen-bond donors (Lipinski definition) is 1. The number of carbonyl (C=O) groups excluding carboxylic acids is 1. The van der Waals surface area contributed by atoms with Crippen molar-refractivity contribution in [3.8, 4) is 0 Å². The SMILES string of the molecule is CCC(CC)NC(=O)C(C)N1CCN(CC2CCOCC2)CC1. The number of piperazine rings is 1. The molecule has 2 rings (SSSR count). The fourth-order valence-corrected chi connectivity index (χ4v) is 3.61. The quantitative estimate of drug-likeness (QED) is 0.774. The predicted molar refractivity (Wildman–Crippen MR) is 93.5 cm³/mol. The van der Waals surface area contributed by atoms with E-state index in [1.807, 2.05) is 6.92 Å². The molecule has 2 fully saturated rings. The maximum Gasteiger partial charge on any atom is 0.237 e. The van der Waals surface area contributed by atoms with E-state index in [0.717, 1.165) is 58.2 Å². The van der Waals surface area contributed by atoms with E-state index >= 15 is 0 Å². The monoisotopic (exact) mass is 325 g/mol. The molecule has 134 valence electrons. The fourth-order valence-electron chi connectivity index (χ4n) is 3.61. The smallest absolute Gasteiger partial charge is 0.237 e. The topological polar surface area (TPSA) is 44.8 Å². The van der Waals surface area contributed by atoms with Gasteiger partial charge in [0.1, 0.15) is 0 Å². The van der Waals surface area contributed by atoms with Crippen LogP contribution in [0.25, 0.3) is 0 Å². The highest BCUT2D eigenvalue weighted by Crippen LogP contribution is 2.17. The van der Waals surface area contributed by atoms with Crippen LogP contribution in [0.15, 0.2) is 0 Å². The molecular formula is C18H35N3O2. The normalized spacial score (nSPS) is 23.1. The van der Waals surface area contributed by atoms with Crippen LogP contribution in [-0.2, 0) is 9.53 Å². The van der Waals surface area contributed by atoms with Gasteiger partial charge in [0.25, 0.3) is 0 Å². The van der Waals surface area contributed by atoms with Crippen LogP contribution in [0.2, 0.25) is 0 Å². The highest BCUT2D eigenvalue weighted by Gasteiger charge is 2.27. The van der Waals surface area contributed by atoms with Gasteiger partial charge in [-0.1, -0.05) is 13.8 Å². The summed E-state index contributed by atoms with van der Waals surface area (Å²) < 4.78 is 5.44. The standard InChI is InChI=1S/C18H35N3O2/c1-4-17(5-2)19-18(22)15(3)21-10-8-20(9-11-21)14-16-6-12-23-13-7-16/h15-17H,4-14H2,1-3H3,(H,19,22). The summed E-state index contributed by atoms with van der Waals surface area (Å²) in [6, 6.07) is 0.306. The summed E-state index contributed by atoms with van der Waals surface area (Å²) in [5.74, 6) is 0.988. The highest BCUT2D eigenvalue weighted by molar-refractivity contribution is 5.81. The number of carbonyl (C=O) groups is 1. The Morgan fingerprint density at radius 2 is 1.74 bits per heavy atom. The average Bonchev–Trinajstić information content (AvgIpc) is 2.60. The number of nitrogens with zero attached hydrogens (tertiary/aromatic N) is 2. The zero-order valence-electron chi connectivity index (χ0n) is 15.2. The van der Waals surface area contributed by atoms with Crippen LogP contribution in [0.5, 0.6) is 0 Å². The fraction of sp³-hybridized carbons (Fsp3) is 0.944. The lowest BCUT2D eigenvalue weighted by Gasteiger charge is -2.39. The first-order valence-corrected chi connectivity index (χ1v) is 9.48. The Morgan fingerprint density at radius 1 is 1.13 bits per heavy atom. The summed E-state index contributed by atoms with van der Waals surface area (Å²) in [5, 5.41) is 3.18. The molecule has 5 nitrogen and oxygen atoms in total. The lowest BCUT2D eigenvalue weighted by atomic mass is 9.99. The molecule has 0 radical (unpaired) electrons. The molecular weight excluding hydrogens is 290 g/mol. The van der Waals surface area contributed by atoms with Crippen molar-refractivity contribution in [3.05, 3.63) is 0 Å². The van der Waals surface area contributed by atoms with Crippen molar-refractivity contribution in [1.82, 2.24) is 15.1 Å². The molecule has 2 saturated heterocycles. The van der Waals surface area contributed by atoms with Gasteiger partial charge in [-0.3, -0.25) is 9.69 Å². The Hall–Kier alpha value is -0.650. The highest BCUT2D eigenvalue weighted by atomic mass is 16.5. The number of nitrogens with one attached hydrogen (secondary N) is 1. The van der Waals surface area contributed by atoms with Crippen LogP contribution in [-0.4, -0.2) is 73.7 Å². The number of amides is 1. The maximum atomic E-state index is 12.4. The van der Waals surface area contributed by atoms with Crippen molar-refractivity contribution in [2.45, 2.75) is 58.5 Å². The molecule has 0 saturated carbocycles. The molecule has 1 N–H and O–H groups in total. The van der Waals surface area contributed by atoms with Gasteiger partial charge < -0.3 is 15.0 Å². The minimum atomic E-state index is -0.0131. The van der Waals surface area contributed by atoms with E-state index < -0.39 is 0 Å². The summed E-state index contributed by atoms with van der Waals surface area (Å²) >= 11 is 0. The van der Waals surface area contributed by atoms with Gasteiger partial charge in [-0.15, -0.1) is 0 Å². The Kier molecular flexibility index (Phi) is 7.80. The Morgan fingerprint density at radius 3 is 2.30 bits per heavy atom. The van der Waals surface area contributed by atoms with E-state index in [2.05, 4.69) is 29.0 Å². The van der Waals surface area contributed by atoms with Crippen molar-refractivity contribution in [2.24, 2.45) is 5.92 Å². The first kappa shape index (κ1) is 18.7. The van der Waals surface area contributed by atoms with Gasteiger partial charge in [-0.2, -0.15) is 0 Å². The molecule has 2 aliphatic heterocycles. The second-order valence-corrected chi connectivity index (χ2v) is 7.09. The van der Waals surface area contributed by atoms with Crippen molar-refractivity contribution in [2.75, 3.05) is 45.9 Å². The summed E-state index contributed by atoms with van der Waals surface area (Å²) in [5.41, 5.74) is 0. The van der Waals surface area contributed by atoms with Gasteiger partial charge in [0.05, 0.1) is 6.04 Å². The molecule has 0 aromatic heterocycles. The zero-order chi connectivity index (χ0) is 16.7. The van der Waals surface area contributed by atoms with Gasteiger partial charge >= 0.3 is 0 Å². The van der Waals surface area contributed by atoms with E-state index in [0.29, 0.717) is 6.04 Å². The van der Waals surface area contributed by atoms with E-state index in [1.54, 1.807) is 0 Å². The van der Waals surface area contributed by atoms with Gasteiger partial charge in [-0.25, -0.2) is 0 Å². The second kappa shape index (κ2) is 9.60. The van der Waals surface area contributed by atoms with E-state index in [4.69, 9.17) is 4.74 Å². The molecule has 0 aromatic carbocycles. The van der Waals surface area contributed by atoms with Crippen molar-refractivity contribution in [1.29, 1.82) is 0 Å². The van der Waals surface area contributed by atoms with Crippen LogP contribution >= 0.6 is 0 Å². The number of hydrogen-bond acceptors (Lipinski definition) is 4. The Labute approximate surface area is 141 Å². The van der Waals surface area contributed by atoms with Gasteiger partial charge in [0.2, 0.25) is 5.91 Å². The summed E-state index contributed by atoms with van der Waals surface area (Å²) in [6.45, 7) is 13.5. The number of ether oxygens (including phenoxy) is 1. The van der Waals surface area contributed by atoms with E-state index in [9.17, 15) is 4.79 Å². The summed E-state index contributed by atoms with van der Waals surface area (Å²) in [6.07, 6.45) is 4.42. The molecule has 0 bridgehead atoms. The summed E-state index contributed by atoms with van der Waals surface area (Å²) in [7, 11) is 0. The lowest BCUT2D eigenvalue weighted by molar-refractivity contribution is -0.127. The molecule has 1 unspecified atom stereocenters. The molecule has 2 heterocycles. The average molecular weight is 325 g/mol. The molecule has 23 heavy (non-hydrogen) atoms. The molecule has 2 aliphatic rings. The minimum Gasteiger partial charge on any atom is -0.381 e. The predicted octanol–water partition coefficient (Wildman–Crippen LogP) is 1.72. The molecule has 1 amide bonds. The van der Waals surface area contributed by atoms with Crippen molar-refractivity contribution >= 4 is 5.91 Å². The molecule has 0 spiro atoms. The van der Waals surface area contributed by atoms with Crippen LogP contribution in [0, 0.1) is 5.92 Å². The second-order valence-electron chi connectivity index (χ2n) is 7.09. The Balaban J connectivity index is 1.71. The molecule has 0 aromatic rings. The molecule has 5 heteroatoms. The third kappa shape index (κ3) is 5.73. The number of rotatable bonds is 7. The van der Waals surface area contributed by atoms with Gasteiger partial charge in [0.15, 0.2) is 0 Å².